The molecule has 30 heavy (non-hydrogen) atoms. The SMILES string of the molecule is Cc1c(-c2ccccc2)n(Nc2ccccc2Cl)c(=S)n1[C@@H]1O[C@H](CO)[C@@H](O)[C@H]1O. The fraction of sp³-hybridized carbons (Fsp3) is 0.286. The molecule has 1 aromatic heterocycles. The predicted octanol–water partition coefficient (Wildman–Crippen LogP) is 3.13. The maximum Gasteiger partial charge on any atom is 0.201 e. The van der Waals surface area contributed by atoms with E-state index in [1.54, 1.807) is 15.3 Å². The van der Waals surface area contributed by atoms with Crippen LogP contribution in [0, 0.1) is 11.7 Å². The lowest BCUT2D eigenvalue weighted by Crippen LogP contribution is -2.33. The second kappa shape index (κ2) is 8.50. The van der Waals surface area contributed by atoms with Crippen molar-refractivity contribution in [2.75, 3.05) is 12.0 Å². The van der Waals surface area contributed by atoms with E-state index in [1.807, 2.05) is 55.5 Å². The van der Waals surface area contributed by atoms with Gasteiger partial charge in [-0.25, -0.2) is 4.68 Å². The number of rotatable bonds is 5. The standard InChI is InChI=1S/C21H22ClN3O4S/c1-12-17(13-7-3-2-4-8-13)25(23-15-10-6-5-9-14(15)22)21(30)24(12)20-19(28)18(27)16(11-26)29-20/h2-10,16,18-20,23,26-28H,11H2,1H3/t16-,18-,19-,20-/m1/s1. The van der Waals surface area contributed by atoms with Gasteiger partial charge in [-0.3, -0.25) is 9.99 Å². The van der Waals surface area contributed by atoms with E-state index in [9.17, 15) is 15.3 Å². The van der Waals surface area contributed by atoms with Crippen molar-refractivity contribution < 1.29 is 20.1 Å². The van der Waals surface area contributed by atoms with E-state index < -0.39 is 31.1 Å². The highest BCUT2D eigenvalue weighted by Gasteiger charge is 2.44. The van der Waals surface area contributed by atoms with E-state index >= 15 is 0 Å². The van der Waals surface area contributed by atoms with Crippen LogP contribution in [0.2, 0.25) is 5.02 Å². The fourth-order valence-corrected chi connectivity index (χ4v) is 4.28. The summed E-state index contributed by atoms with van der Waals surface area (Å²) in [4.78, 5) is 0. The molecule has 1 aliphatic heterocycles. The zero-order valence-corrected chi connectivity index (χ0v) is 17.7. The maximum atomic E-state index is 10.6. The predicted molar refractivity (Wildman–Crippen MR) is 117 cm³/mol. The van der Waals surface area contributed by atoms with E-state index in [0.29, 0.717) is 15.5 Å². The highest BCUT2D eigenvalue weighted by atomic mass is 35.5. The summed E-state index contributed by atoms with van der Waals surface area (Å²) < 4.78 is 9.41. The zero-order valence-electron chi connectivity index (χ0n) is 16.1. The van der Waals surface area contributed by atoms with Gasteiger partial charge in [0, 0.05) is 11.3 Å². The van der Waals surface area contributed by atoms with Crippen molar-refractivity contribution in [2.45, 2.75) is 31.5 Å². The number of hydrogen-bond donors (Lipinski definition) is 4. The van der Waals surface area contributed by atoms with Crippen LogP contribution < -0.4 is 5.43 Å². The van der Waals surface area contributed by atoms with Gasteiger partial charge >= 0.3 is 0 Å². The minimum absolute atomic E-state index is 0.320. The monoisotopic (exact) mass is 447 g/mol. The first kappa shape index (κ1) is 21.0. The second-order valence-electron chi connectivity index (χ2n) is 7.11. The van der Waals surface area contributed by atoms with Gasteiger partial charge in [-0.15, -0.1) is 0 Å². The summed E-state index contributed by atoms with van der Waals surface area (Å²) in [6.07, 6.45) is -4.30. The molecule has 0 bridgehead atoms. The third-order valence-electron chi connectivity index (χ3n) is 5.25. The van der Waals surface area contributed by atoms with Crippen LogP contribution >= 0.6 is 23.8 Å². The quantitative estimate of drug-likeness (QED) is 0.449. The van der Waals surface area contributed by atoms with Crippen LogP contribution in [-0.4, -0.2) is 49.5 Å². The first-order valence-corrected chi connectivity index (χ1v) is 10.3. The molecule has 9 heteroatoms. The molecule has 7 nitrogen and oxygen atoms in total. The molecule has 1 fully saturated rings. The lowest BCUT2D eigenvalue weighted by atomic mass is 10.1. The molecule has 0 radical (unpaired) electrons. The number of nitrogens with zero attached hydrogens (tertiary/aromatic N) is 2. The Labute approximate surface area is 183 Å². The van der Waals surface area contributed by atoms with Crippen molar-refractivity contribution in [3.05, 3.63) is 70.1 Å². The molecule has 1 aliphatic rings. The number of halogens is 1. The van der Waals surface area contributed by atoms with Crippen molar-refractivity contribution >= 4 is 29.5 Å². The minimum Gasteiger partial charge on any atom is -0.394 e. The fourth-order valence-electron chi connectivity index (χ4n) is 3.73. The summed E-state index contributed by atoms with van der Waals surface area (Å²) in [5, 5.41) is 30.8. The van der Waals surface area contributed by atoms with Crippen LogP contribution in [-0.2, 0) is 4.74 Å². The molecule has 2 heterocycles. The normalized spacial score (nSPS) is 23.6. The third kappa shape index (κ3) is 3.56. The van der Waals surface area contributed by atoms with Gasteiger partial charge in [-0.05, 0) is 31.3 Å². The Hall–Kier alpha value is -2.20. The number of hydrogen-bond acceptors (Lipinski definition) is 6. The average molecular weight is 448 g/mol. The summed E-state index contributed by atoms with van der Waals surface area (Å²) >= 11 is 12.1. The summed E-state index contributed by atoms with van der Waals surface area (Å²) in [5.74, 6) is 0. The Kier molecular flexibility index (Phi) is 5.97. The van der Waals surface area contributed by atoms with Crippen molar-refractivity contribution in [3.8, 4) is 11.3 Å². The molecule has 2 aromatic carbocycles. The van der Waals surface area contributed by atoms with Crippen molar-refractivity contribution in [1.82, 2.24) is 9.24 Å². The topological polar surface area (TPSA) is 91.8 Å². The number of imidazole rings is 1. The molecule has 0 aliphatic carbocycles. The first-order valence-electron chi connectivity index (χ1n) is 9.47. The Morgan fingerprint density at radius 3 is 2.37 bits per heavy atom. The van der Waals surface area contributed by atoms with Crippen molar-refractivity contribution in [3.63, 3.8) is 0 Å². The molecule has 158 valence electrons. The van der Waals surface area contributed by atoms with Crippen LogP contribution in [0.25, 0.3) is 11.3 Å². The van der Waals surface area contributed by atoms with Gasteiger partial charge in [0.1, 0.15) is 18.3 Å². The summed E-state index contributed by atoms with van der Waals surface area (Å²) in [7, 11) is 0. The Balaban J connectivity index is 1.88. The molecule has 4 atom stereocenters. The van der Waals surface area contributed by atoms with Crippen LogP contribution in [0.1, 0.15) is 11.9 Å². The molecular formula is C21H22ClN3O4S. The molecule has 4 rings (SSSR count). The maximum absolute atomic E-state index is 10.6. The molecular weight excluding hydrogens is 426 g/mol. The summed E-state index contributed by atoms with van der Waals surface area (Å²) in [5.41, 5.74) is 6.29. The van der Waals surface area contributed by atoms with Gasteiger partial charge < -0.3 is 20.1 Å². The third-order valence-corrected chi connectivity index (χ3v) is 5.96. The van der Waals surface area contributed by atoms with E-state index in [1.165, 1.54) is 0 Å². The Bertz CT molecular complexity index is 1100. The number of aliphatic hydroxyl groups is 3. The number of nitrogens with one attached hydrogen (secondary N) is 1. The van der Waals surface area contributed by atoms with Crippen molar-refractivity contribution in [2.24, 2.45) is 0 Å². The molecule has 0 unspecified atom stereocenters. The van der Waals surface area contributed by atoms with Gasteiger partial charge in [-0.2, -0.15) is 0 Å². The highest BCUT2D eigenvalue weighted by molar-refractivity contribution is 7.71. The number of aliphatic hydroxyl groups excluding tert-OH is 3. The summed E-state index contributed by atoms with van der Waals surface area (Å²) in [6.45, 7) is 1.45. The van der Waals surface area contributed by atoms with E-state index in [-0.39, 0.29) is 0 Å². The van der Waals surface area contributed by atoms with Gasteiger partial charge in [0.25, 0.3) is 0 Å². The Morgan fingerprint density at radius 2 is 1.73 bits per heavy atom. The minimum atomic E-state index is -1.24. The van der Waals surface area contributed by atoms with E-state index in [0.717, 1.165) is 17.0 Å². The van der Waals surface area contributed by atoms with Gasteiger partial charge in [0.05, 0.1) is 23.0 Å². The number of anilines is 1. The Morgan fingerprint density at radius 1 is 1.07 bits per heavy atom. The second-order valence-corrected chi connectivity index (χ2v) is 7.88. The van der Waals surface area contributed by atoms with Crippen LogP contribution in [0.15, 0.2) is 54.6 Å². The van der Waals surface area contributed by atoms with Gasteiger partial charge in [0.15, 0.2) is 6.23 Å². The highest BCUT2D eigenvalue weighted by Crippen LogP contribution is 2.35. The number of aromatic nitrogens is 2. The smallest absolute Gasteiger partial charge is 0.201 e. The molecule has 0 spiro atoms. The van der Waals surface area contributed by atoms with Gasteiger partial charge in [-0.1, -0.05) is 54.1 Å². The lowest BCUT2D eigenvalue weighted by molar-refractivity contribution is -0.0543. The molecule has 3 aromatic rings. The van der Waals surface area contributed by atoms with E-state index in [4.69, 9.17) is 28.6 Å². The number of para-hydroxylation sites is 1. The van der Waals surface area contributed by atoms with Gasteiger partial charge in [0.2, 0.25) is 4.77 Å². The lowest BCUT2D eigenvalue weighted by Gasteiger charge is -2.18. The number of ether oxygens (including phenoxy) is 1. The average Bonchev–Trinajstić information content (AvgIpc) is 3.17. The first-order chi connectivity index (χ1) is 14.4. The van der Waals surface area contributed by atoms with Crippen molar-refractivity contribution in [1.29, 1.82) is 0 Å². The molecule has 4 N–H and O–H groups in total. The molecule has 1 saturated heterocycles. The zero-order chi connectivity index (χ0) is 21.4. The van der Waals surface area contributed by atoms with Crippen LogP contribution in [0.5, 0.6) is 0 Å². The summed E-state index contributed by atoms with van der Waals surface area (Å²) in [6, 6.07) is 16.9. The van der Waals surface area contributed by atoms with E-state index in [2.05, 4.69) is 5.43 Å². The number of benzene rings is 2. The van der Waals surface area contributed by atoms with Crippen LogP contribution in [0.4, 0.5) is 5.69 Å². The largest absolute Gasteiger partial charge is 0.394 e. The molecule has 0 amide bonds. The van der Waals surface area contributed by atoms with Crippen LogP contribution in [0.3, 0.4) is 0 Å². The molecule has 0 saturated carbocycles.